The quantitative estimate of drug-likeness (QED) is 0.168. The average Bonchev–Trinajstić information content (AvgIpc) is 3.84. The number of hydrogen-bond acceptors (Lipinski definition) is 4. The maximum absolute atomic E-state index is 6.57. The van der Waals surface area contributed by atoms with Gasteiger partial charge in [0.25, 0.3) is 0 Å². The summed E-state index contributed by atoms with van der Waals surface area (Å²) in [7, 11) is 0. The van der Waals surface area contributed by atoms with Crippen LogP contribution in [0.3, 0.4) is 0 Å². The molecule has 268 valence electrons. The molecule has 13 rings (SSSR count). The number of para-hydroxylation sites is 3. The van der Waals surface area contributed by atoms with E-state index in [1.165, 1.54) is 10.8 Å². The minimum Gasteiger partial charge on any atom is -0.422 e. The summed E-state index contributed by atoms with van der Waals surface area (Å²) in [5, 5.41) is 13.4. The minimum atomic E-state index is 0.590. The molecular formula is C53H30N4O. The Morgan fingerprint density at radius 2 is 0.741 bits per heavy atom. The summed E-state index contributed by atoms with van der Waals surface area (Å²) in [6.07, 6.45) is 0. The molecule has 0 saturated heterocycles. The van der Waals surface area contributed by atoms with E-state index in [4.69, 9.17) is 19.4 Å². The van der Waals surface area contributed by atoms with Crippen molar-refractivity contribution in [3.63, 3.8) is 0 Å². The molecule has 0 bridgehead atoms. The monoisotopic (exact) mass is 738 g/mol. The summed E-state index contributed by atoms with van der Waals surface area (Å²) in [5.74, 6) is 0.590. The highest BCUT2D eigenvalue weighted by Crippen LogP contribution is 2.41. The molecule has 0 aliphatic rings. The summed E-state index contributed by atoms with van der Waals surface area (Å²) < 4.78 is 8.68. The number of benzene rings is 8. The lowest BCUT2D eigenvalue weighted by atomic mass is 9.94. The van der Waals surface area contributed by atoms with E-state index < -0.39 is 0 Å². The number of fused-ring (bicyclic) bond motifs is 21. The van der Waals surface area contributed by atoms with E-state index in [-0.39, 0.29) is 0 Å². The Kier molecular flexibility index (Phi) is 6.38. The van der Waals surface area contributed by atoms with Gasteiger partial charge in [-0.15, -0.1) is 0 Å². The van der Waals surface area contributed by atoms with Crippen LogP contribution in [-0.4, -0.2) is 19.4 Å². The summed E-state index contributed by atoms with van der Waals surface area (Å²) in [5.41, 5.74) is 9.31. The van der Waals surface area contributed by atoms with Gasteiger partial charge in [-0.25, -0.2) is 9.97 Å². The lowest BCUT2D eigenvalue weighted by Gasteiger charge is -2.13. The zero-order chi connectivity index (χ0) is 37.9. The summed E-state index contributed by atoms with van der Waals surface area (Å²) in [6.45, 7) is 0. The number of imidazole rings is 1. The number of rotatable bonds is 1. The van der Waals surface area contributed by atoms with Crippen LogP contribution in [0.25, 0.3) is 126 Å². The Balaban J connectivity index is 1.21. The Bertz CT molecular complexity index is 3990. The molecule has 3 aromatic heterocycles. The molecule has 58 heavy (non-hydrogen) atoms. The van der Waals surface area contributed by atoms with E-state index in [2.05, 4.69) is 168 Å². The van der Waals surface area contributed by atoms with Crippen molar-refractivity contribution in [3.8, 4) is 11.1 Å². The summed E-state index contributed by atoms with van der Waals surface area (Å²) >= 11 is 0. The second-order valence-electron chi connectivity index (χ2n) is 15.1. The van der Waals surface area contributed by atoms with Gasteiger partial charge in [-0.1, -0.05) is 158 Å². The standard InChI is InChI=1S/C53H30N4O/c1-2-15-34-33(14-1)35-16-3-7-20-40(35)48-49(41-21-8-4-17-36(34)41)56-51-43-23-10-6-19-38(43)44-30-31(28-29-39(44)37-18-5-9-22-42(37)50(51)55-48)32-24-13-27-47-52(32)58-53-54-45-25-11-12-26-46(45)57(47)53/h1-30H. The third-order valence-electron chi connectivity index (χ3n) is 12.0. The fourth-order valence-corrected chi connectivity index (χ4v) is 9.44. The first-order chi connectivity index (χ1) is 28.8. The van der Waals surface area contributed by atoms with Crippen molar-refractivity contribution < 1.29 is 4.42 Å². The van der Waals surface area contributed by atoms with Crippen LogP contribution < -0.4 is 0 Å². The molecule has 0 unspecified atom stereocenters. The zero-order valence-corrected chi connectivity index (χ0v) is 31.0. The van der Waals surface area contributed by atoms with Crippen molar-refractivity contribution in [2.75, 3.05) is 0 Å². The van der Waals surface area contributed by atoms with Crippen LogP contribution >= 0.6 is 0 Å². The molecule has 5 heteroatoms. The van der Waals surface area contributed by atoms with Gasteiger partial charge in [0.2, 0.25) is 0 Å². The largest absolute Gasteiger partial charge is 0.422 e. The molecule has 10 aromatic carbocycles. The number of oxazole rings is 1. The van der Waals surface area contributed by atoms with Crippen LogP contribution in [0.5, 0.6) is 0 Å². The number of nitrogens with zero attached hydrogens (tertiary/aromatic N) is 4. The molecule has 3 heterocycles. The SMILES string of the molecule is c1ccc2c(c1)nc1oc3c(-c4ccc5c(c4)c4ccccc4c4nc6c7ccccc7c7ccccc7c7ccccc7c6nc4c4ccccc54)cccc3n12. The summed E-state index contributed by atoms with van der Waals surface area (Å²) in [6, 6.07) is 64.6. The van der Waals surface area contributed by atoms with Gasteiger partial charge in [-0.3, -0.25) is 4.40 Å². The van der Waals surface area contributed by atoms with Gasteiger partial charge in [0.1, 0.15) is 0 Å². The Morgan fingerprint density at radius 3 is 1.28 bits per heavy atom. The fraction of sp³-hybridized carbons (Fsp3) is 0. The van der Waals surface area contributed by atoms with Crippen molar-refractivity contribution in [3.05, 3.63) is 182 Å². The van der Waals surface area contributed by atoms with Crippen LogP contribution in [-0.2, 0) is 0 Å². The highest BCUT2D eigenvalue weighted by Gasteiger charge is 2.19. The lowest BCUT2D eigenvalue weighted by Crippen LogP contribution is -1.92. The van der Waals surface area contributed by atoms with Crippen LogP contribution in [0.4, 0.5) is 0 Å². The van der Waals surface area contributed by atoms with Crippen LogP contribution in [0.15, 0.2) is 186 Å². The van der Waals surface area contributed by atoms with E-state index >= 15 is 0 Å². The topological polar surface area (TPSA) is 56.2 Å². The molecule has 0 amide bonds. The maximum atomic E-state index is 6.57. The smallest absolute Gasteiger partial charge is 0.307 e. The lowest BCUT2D eigenvalue weighted by molar-refractivity contribution is 0.644. The van der Waals surface area contributed by atoms with Crippen molar-refractivity contribution in [2.24, 2.45) is 0 Å². The molecule has 0 saturated carbocycles. The Hall–Kier alpha value is -7.89. The van der Waals surface area contributed by atoms with Crippen molar-refractivity contribution in [2.45, 2.75) is 0 Å². The van der Waals surface area contributed by atoms with Crippen molar-refractivity contribution in [1.82, 2.24) is 19.4 Å². The predicted molar refractivity (Wildman–Crippen MR) is 241 cm³/mol. The van der Waals surface area contributed by atoms with E-state index in [0.717, 1.165) is 109 Å². The van der Waals surface area contributed by atoms with Gasteiger partial charge in [-0.2, -0.15) is 4.98 Å². The van der Waals surface area contributed by atoms with Gasteiger partial charge in [0.05, 0.1) is 38.6 Å². The molecule has 0 atom stereocenters. The molecule has 0 aliphatic heterocycles. The molecule has 0 N–H and O–H groups in total. The van der Waals surface area contributed by atoms with Crippen molar-refractivity contribution >= 4 is 115 Å². The first-order valence-corrected chi connectivity index (χ1v) is 19.6. The number of hydrogen-bond donors (Lipinski definition) is 0. The second-order valence-corrected chi connectivity index (χ2v) is 15.1. The second kappa shape index (κ2) is 11.8. The van der Waals surface area contributed by atoms with Gasteiger partial charge < -0.3 is 4.42 Å². The molecule has 0 fully saturated rings. The van der Waals surface area contributed by atoms with Crippen molar-refractivity contribution in [1.29, 1.82) is 0 Å². The zero-order valence-electron chi connectivity index (χ0n) is 31.0. The van der Waals surface area contributed by atoms with Gasteiger partial charge in [0, 0.05) is 27.1 Å². The normalized spacial score (nSPS) is 12.1. The fourth-order valence-electron chi connectivity index (χ4n) is 9.44. The highest BCUT2D eigenvalue weighted by atomic mass is 16.4. The van der Waals surface area contributed by atoms with Crippen LogP contribution in [0.1, 0.15) is 0 Å². The van der Waals surface area contributed by atoms with Crippen LogP contribution in [0.2, 0.25) is 0 Å². The third-order valence-corrected chi connectivity index (χ3v) is 12.0. The molecule has 5 nitrogen and oxygen atoms in total. The first-order valence-electron chi connectivity index (χ1n) is 19.6. The molecule has 0 radical (unpaired) electrons. The molecule has 0 spiro atoms. The van der Waals surface area contributed by atoms with E-state index in [1.807, 2.05) is 18.2 Å². The van der Waals surface area contributed by atoms with E-state index in [9.17, 15) is 0 Å². The van der Waals surface area contributed by atoms with E-state index in [0.29, 0.717) is 5.84 Å². The molecular weight excluding hydrogens is 709 g/mol. The third kappa shape index (κ3) is 4.33. The average molecular weight is 739 g/mol. The first kappa shape index (κ1) is 31.3. The van der Waals surface area contributed by atoms with Gasteiger partial charge in [-0.05, 0) is 72.9 Å². The molecule has 13 aromatic rings. The Labute approximate surface area is 330 Å². The maximum Gasteiger partial charge on any atom is 0.307 e. The van der Waals surface area contributed by atoms with Gasteiger partial charge >= 0.3 is 5.84 Å². The van der Waals surface area contributed by atoms with Gasteiger partial charge in [0.15, 0.2) is 5.58 Å². The highest BCUT2D eigenvalue weighted by molar-refractivity contribution is 6.28. The molecule has 0 aliphatic carbocycles. The van der Waals surface area contributed by atoms with E-state index in [1.54, 1.807) is 0 Å². The summed E-state index contributed by atoms with van der Waals surface area (Å²) in [4.78, 5) is 16.3. The minimum absolute atomic E-state index is 0.590. The predicted octanol–water partition coefficient (Wildman–Crippen LogP) is 14.0. The number of aromatic nitrogens is 4. The Morgan fingerprint density at radius 1 is 0.328 bits per heavy atom. The van der Waals surface area contributed by atoms with Crippen LogP contribution in [0, 0.1) is 0 Å².